The molecule has 5 heteroatoms. The fourth-order valence-corrected chi connectivity index (χ4v) is 2.60. The van der Waals surface area contributed by atoms with Crippen molar-refractivity contribution in [3.8, 4) is 0 Å². The molecule has 0 atom stereocenters. The van der Waals surface area contributed by atoms with Crippen LogP contribution < -0.4 is 5.43 Å². The van der Waals surface area contributed by atoms with Crippen molar-refractivity contribution in [3.05, 3.63) is 65.7 Å². The molecule has 0 spiro atoms. The standard InChI is InChI=1S/C19H22N4O/c1-22-11-13-23(14-12-22)19(24)17-9-7-16(8-10-17)15-20-21-18-5-3-2-4-6-18/h2-10,15,21H,11-14H2,1H3. The second kappa shape index (κ2) is 7.75. The van der Waals surface area contributed by atoms with Crippen LogP contribution in [0.5, 0.6) is 0 Å². The number of nitrogens with one attached hydrogen (secondary N) is 1. The summed E-state index contributed by atoms with van der Waals surface area (Å²) in [4.78, 5) is 16.6. The number of carbonyl (C=O) groups excluding carboxylic acids is 1. The van der Waals surface area contributed by atoms with Crippen LogP contribution in [0.4, 0.5) is 5.69 Å². The maximum Gasteiger partial charge on any atom is 0.253 e. The highest BCUT2D eigenvalue weighted by atomic mass is 16.2. The van der Waals surface area contributed by atoms with E-state index in [1.54, 1.807) is 6.21 Å². The number of hydrogen-bond acceptors (Lipinski definition) is 4. The van der Waals surface area contributed by atoms with Gasteiger partial charge in [0.25, 0.3) is 5.91 Å². The second-order valence-corrected chi connectivity index (χ2v) is 5.95. The average molecular weight is 322 g/mol. The summed E-state index contributed by atoms with van der Waals surface area (Å²) in [6, 6.07) is 17.3. The summed E-state index contributed by atoms with van der Waals surface area (Å²) < 4.78 is 0. The van der Waals surface area contributed by atoms with E-state index >= 15 is 0 Å². The van der Waals surface area contributed by atoms with Crippen LogP contribution in [-0.4, -0.2) is 55.1 Å². The summed E-state index contributed by atoms with van der Waals surface area (Å²) in [7, 11) is 2.08. The molecule has 0 bridgehead atoms. The quantitative estimate of drug-likeness (QED) is 0.695. The molecule has 24 heavy (non-hydrogen) atoms. The topological polar surface area (TPSA) is 47.9 Å². The SMILES string of the molecule is CN1CCN(C(=O)c2ccc(C=NNc3ccccc3)cc2)CC1. The van der Waals surface area contributed by atoms with Gasteiger partial charge >= 0.3 is 0 Å². The van der Waals surface area contributed by atoms with Crippen LogP contribution in [0.1, 0.15) is 15.9 Å². The van der Waals surface area contributed by atoms with Crippen molar-refractivity contribution >= 4 is 17.8 Å². The zero-order valence-electron chi connectivity index (χ0n) is 13.9. The van der Waals surface area contributed by atoms with Gasteiger partial charge in [0.2, 0.25) is 0 Å². The first kappa shape index (κ1) is 16.2. The number of likely N-dealkylation sites (N-methyl/N-ethyl adjacent to an activating group) is 1. The van der Waals surface area contributed by atoms with Crippen molar-refractivity contribution in [2.75, 3.05) is 38.7 Å². The van der Waals surface area contributed by atoms with Crippen molar-refractivity contribution in [2.45, 2.75) is 0 Å². The first-order valence-electron chi connectivity index (χ1n) is 8.14. The van der Waals surface area contributed by atoms with Gasteiger partial charge in [-0.15, -0.1) is 0 Å². The van der Waals surface area contributed by atoms with Gasteiger partial charge in [-0.05, 0) is 36.9 Å². The number of hydrogen-bond donors (Lipinski definition) is 1. The number of hydrazone groups is 1. The van der Waals surface area contributed by atoms with Crippen LogP contribution in [0.25, 0.3) is 0 Å². The zero-order chi connectivity index (χ0) is 16.8. The van der Waals surface area contributed by atoms with Crippen LogP contribution in [-0.2, 0) is 0 Å². The molecule has 2 aromatic rings. The molecule has 2 aromatic carbocycles. The Bertz CT molecular complexity index is 689. The highest BCUT2D eigenvalue weighted by molar-refractivity contribution is 5.95. The molecule has 1 N–H and O–H groups in total. The van der Waals surface area contributed by atoms with Gasteiger partial charge in [-0.3, -0.25) is 10.2 Å². The lowest BCUT2D eigenvalue weighted by Gasteiger charge is -2.32. The molecule has 5 nitrogen and oxygen atoms in total. The van der Waals surface area contributed by atoms with E-state index in [1.807, 2.05) is 59.5 Å². The number of anilines is 1. The molecule has 0 aliphatic carbocycles. The summed E-state index contributed by atoms with van der Waals surface area (Å²) in [6.45, 7) is 3.45. The second-order valence-electron chi connectivity index (χ2n) is 5.95. The van der Waals surface area contributed by atoms with Crippen molar-refractivity contribution < 1.29 is 4.79 Å². The summed E-state index contributed by atoms with van der Waals surface area (Å²) in [5, 5.41) is 4.21. The lowest BCUT2D eigenvalue weighted by Crippen LogP contribution is -2.47. The smallest absolute Gasteiger partial charge is 0.253 e. The van der Waals surface area contributed by atoms with Crippen molar-refractivity contribution in [2.24, 2.45) is 5.10 Å². The third-order valence-electron chi connectivity index (χ3n) is 4.13. The molecule has 0 radical (unpaired) electrons. The predicted molar refractivity (Wildman–Crippen MR) is 97.5 cm³/mol. The van der Waals surface area contributed by atoms with E-state index in [1.165, 1.54) is 0 Å². The maximum atomic E-state index is 12.5. The highest BCUT2D eigenvalue weighted by Crippen LogP contribution is 2.10. The number of amides is 1. The fourth-order valence-electron chi connectivity index (χ4n) is 2.60. The third-order valence-corrected chi connectivity index (χ3v) is 4.13. The van der Waals surface area contributed by atoms with Gasteiger partial charge in [0.15, 0.2) is 0 Å². The van der Waals surface area contributed by atoms with E-state index in [0.29, 0.717) is 0 Å². The highest BCUT2D eigenvalue weighted by Gasteiger charge is 2.19. The third kappa shape index (κ3) is 4.20. The molecule has 3 rings (SSSR count). The first-order valence-corrected chi connectivity index (χ1v) is 8.14. The van der Waals surface area contributed by atoms with E-state index in [-0.39, 0.29) is 5.91 Å². The Morgan fingerprint density at radius 1 is 1.00 bits per heavy atom. The van der Waals surface area contributed by atoms with Gasteiger partial charge in [-0.1, -0.05) is 30.3 Å². The Morgan fingerprint density at radius 2 is 1.67 bits per heavy atom. The number of para-hydroxylation sites is 1. The van der Waals surface area contributed by atoms with Gasteiger partial charge in [0, 0.05) is 31.7 Å². The molecule has 0 saturated carbocycles. The molecule has 124 valence electrons. The van der Waals surface area contributed by atoms with Gasteiger partial charge in [-0.25, -0.2) is 0 Å². The summed E-state index contributed by atoms with van der Waals surface area (Å²) >= 11 is 0. The Kier molecular flexibility index (Phi) is 5.23. The fraction of sp³-hybridized carbons (Fsp3) is 0.263. The normalized spacial score (nSPS) is 15.6. The largest absolute Gasteiger partial charge is 0.336 e. The number of benzene rings is 2. The van der Waals surface area contributed by atoms with Gasteiger partial charge in [-0.2, -0.15) is 5.10 Å². The van der Waals surface area contributed by atoms with Crippen molar-refractivity contribution in [1.82, 2.24) is 9.80 Å². The number of carbonyl (C=O) groups is 1. The molecule has 0 aromatic heterocycles. The van der Waals surface area contributed by atoms with Gasteiger partial charge in [0.1, 0.15) is 0 Å². The van der Waals surface area contributed by atoms with Crippen LogP contribution in [0.2, 0.25) is 0 Å². The molecule has 1 fully saturated rings. The van der Waals surface area contributed by atoms with Crippen LogP contribution in [0, 0.1) is 0 Å². The minimum atomic E-state index is 0.106. The van der Waals surface area contributed by atoms with Crippen LogP contribution in [0.3, 0.4) is 0 Å². The van der Waals surface area contributed by atoms with Crippen molar-refractivity contribution in [1.29, 1.82) is 0 Å². The van der Waals surface area contributed by atoms with Gasteiger partial charge in [0.05, 0.1) is 11.9 Å². The minimum Gasteiger partial charge on any atom is -0.336 e. The molecule has 1 amide bonds. The molecule has 1 aliphatic rings. The Morgan fingerprint density at radius 3 is 2.33 bits per heavy atom. The zero-order valence-corrected chi connectivity index (χ0v) is 13.9. The van der Waals surface area contributed by atoms with Crippen LogP contribution >= 0.6 is 0 Å². The molecule has 1 aliphatic heterocycles. The van der Waals surface area contributed by atoms with Crippen molar-refractivity contribution in [3.63, 3.8) is 0 Å². The summed E-state index contributed by atoms with van der Waals surface area (Å²) in [5.41, 5.74) is 5.60. The Balaban J connectivity index is 1.58. The molecule has 1 heterocycles. The first-order chi connectivity index (χ1) is 11.7. The average Bonchev–Trinajstić information content (AvgIpc) is 2.63. The van der Waals surface area contributed by atoms with E-state index in [2.05, 4.69) is 22.5 Å². The van der Waals surface area contributed by atoms with E-state index < -0.39 is 0 Å². The number of nitrogens with zero attached hydrogens (tertiary/aromatic N) is 3. The number of rotatable bonds is 4. The molecular formula is C19H22N4O. The maximum absolute atomic E-state index is 12.5. The van der Waals surface area contributed by atoms with Crippen LogP contribution in [0.15, 0.2) is 59.7 Å². The summed E-state index contributed by atoms with van der Waals surface area (Å²) in [5.74, 6) is 0.106. The molecular weight excluding hydrogens is 300 g/mol. The minimum absolute atomic E-state index is 0.106. The lowest BCUT2D eigenvalue weighted by atomic mass is 10.1. The predicted octanol–water partition coefficient (Wildman–Crippen LogP) is 2.52. The van der Waals surface area contributed by atoms with E-state index in [9.17, 15) is 4.79 Å². The van der Waals surface area contributed by atoms with E-state index in [0.717, 1.165) is 43.0 Å². The Hall–Kier alpha value is -2.66. The number of piperazine rings is 1. The monoisotopic (exact) mass is 322 g/mol. The molecule has 1 saturated heterocycles. The van der Waals surface area contributed by atoms with Gasteiger partial charge < -0.3 is 9.80 Å². The Labute approximate surface area is 142 Å². The molecule has 0 unspecified atom stereocenters. The summed E-state index contributed by atoms with van der Waals surface area (Å²) in [6.07, 6.45) is 1.75. The van der Waals surface area contributed by atoms with E-state index in [4.69, 9.17) is 0 Å². The lowest BCUT2D eigenvalue weighted by molar-refractivity contribution is 0.0664.